The van der Waals surface area contributed by atoms with Gasteiger partial charge in [0.2, 0.25) is 0 Å². The molecule has 0 aliphatic rings. The molecule has 0 spiro atoms. The Labute approximate surface area is 95.2 Å². The monoisotopic (exact) mass is 231 g/mol. The number of hydrogen-bond donors (Lipinski definition) is 2. The van der Waals surface area contributed by atoms with Crippen molar-refractivity contribution in [2.24, 2.45) is 7.05 Å². The number of nitrogens with zero attached hydrogens (tertiary/aromatic N) is 2. The summed E-state index contributed by atoms with van der Waals surface area (Å²) < 4.78 is 1.73. The fourth-order valence-corrected chi connectivity index (χ4v) is 1.75. The number of aryl methyl sites for hydroxylation is 2. The summed E-state index contributed by atoms with van der Waals surface area (Å²) >= 11 is 6.08. The quantitative estimate of drug-likeness (QED) is 0.792. The lowest BCUT2D eigenvalue weighted by Gasteiger charge is -2.11. The van der Waals surface area contributed by atoms with Gasteiger partial charge in [-0.1, -0.05) is 18.5 Å². The van der Waals surface area contributed by atoms with E-state index in [9.17, 15) is 5.11 Å². The van der Waals surface area contributed by atoms with Crippen molar-refractivity contribution in [3.63, 3.8) is 0 Å². The third-order valence-electron chi connectivity index (χ3n) is 2.32. The Hall–Kier alpha value is -0.580. The van der Waals surface area contributed by atoms with Crippen LogP contribution in [0.2, 0.25) is 5.02 Å². The molecule has 1 unspecified atom stereocenters. The predicted octanol–water partition coefficient (Wildman–Crippen LogP) is 0.895. The molecule has 4 nitrogen and oxygen atoms in total. The van der Waals surface area contributed by atoms with E-state index in [1.807, 2.05) is 20.9 Å². The largest absolute Gasteiger partial charge is 0.391 e. The fraction of sp³-hybridized carbons (Fsp3) is 0.700. The minimum Gasteiger partial charge on any atom is -0.391 e. The van der Waals surface area contributed by atoms with Crippen molar-refractivity contribution in [1.29, 1.82) is 0 Å². The van der Waals surface area contributed by atoms with Gasteiger partial charge in [-0.2, -0.15) is 5.10 Å². The second-order valence-electron chi connectivity index (χ2n) is 3.64. The molecule has 0 aliphatic heterocycles. The zero-order chi connectivity index (χ0) is 11.4. The average molecular weight is 232 g/mol. The Morgan fingerprint density at radius 3 is 2.73 bits per heavy atom. The predicted molar refractivity (Wildman–Crippen MR) is 61.2 cm³/mol. The van der Waals surface area contributed by atoms with E-state index in [4.69, 9.17) is 11.6 Å². The van der Waals surface area contributed by atoms with Crippen LogP contribution in [0.4, 0.5) is 0 Å². The second-order valence-corrected chi connectivity index (χ2v) is 4.01. The molecule has 0 saturated carbocycles. The molecule has 2 N–H and O–H groups in total. The lowest BCUT2D eigenvalue weighted by molar-refractivity contribution is 0.170. The van der Waals surface area contributed by atoms with E-state index in [2.05, 4.69) is 10.4 Å². The highest BCUT2D eigenvalue weighted by atomic mass is 35.5. The zero-order valence-electron chi connectivity index (χ0n) is 9.42. The Morgan fingerprint density at radius 1 is 1.60 bits per heavy atom. The van der Waals surface area contributed by atoms with Crippen LogP contribution in [-0.2, 0) is 13.5 Å². The van der Waals surface area contributed by atoms with Crippen molar-refractivity contribution in [2.75, 3.05) is 13.1 Å². The van der Waals surface area contributed by atoms with Gasteiger partial charge < -0.3 is 10.4 Å². The molecule has 1 atom stereocenters. The minimum absolute atomic E-state index is 0.419. The third kappa shape index (κ3) is 3.19. The fourth-order valence-electron chi connectivity index (χ4n) is 1.51. The summed E-state index contributed by atoms with van der Waals surface area (Å²) in [5.41, 5.74) is 1.70. The van der Waals surface area contributed by atoms with Crippen molar-refractivity contribution in [1.82, 2.24) is 15.1 Å². The molecular weight excluding hydrogens is 214 g/mol. The molecule has 1 heterocycles. The molecule has 1 aromatic heterocycles. The first-order valence-electron chi connectivity index (χ1n) is 5.13. The van der Waals surface area contributed by atoms with Crippen molar-refractivity contribution < 1.29 is 5.11 Å². The molecule has 1 rings (SSSR count). The summed E-state index contributed by atoms with van der Waals surface area (Å²) in [5, 5.41) is 17.7. The van der Waals surface area contributed by atoms with Gasteiger partial charge in [-0.3, -0.25) is 4.68 Å². The SMILES string of the molecule is CCNCC(O)Cc1c(Cl)c(C)nn1C. The highest BCUT2D eigenvalue weighted by Crippen LogP contribution is 2.20. The van der Waals surface area contributed by atoms with E-state index >= 15 is 0 Å². The van der Waals surface area contributed by atoms with Gasteiger partial charge in [0, 0.05) is 20.0 Å². The highest BCUT2D eigenvalue weighted by molar-refractivity contribution is 6.31. The van der Waals surface area contributed by atoms with E-state index in [-0.39, 0.29) is 0 Å². The van der Waals surface area contributed by atoms with Crippen LogP contribution in [0.5, 0.6) is 0 Å². The van der Waals surface area contributed by atoms with Crippen LogP contribution in [0.25, 0.3) is 0 Å². The highest BCUT2D eigenvalue weighted by Gasteiger charge is 2.14. The van der Waals surface area contributed by atoms with Crippen LogP contribution >= 0.6 is 11.6 Å². The third-order valence-corrected chi connectivity index (χ3v) is 2.81. The molecule has 0 saturated heterocycles. The van der Waals surface area contributed by atoms with Crippen LogP contribution in [0.3, 0.4) is 0 Å². The summed E-state index contributed by atoms with van der Waals surface area (Å²) in [6, 6.07) is 0. The molecule has 1 aromatic rings. The van der Waals surface area contributed by atoms with E-state index in [0.717, 1.165) is 17.9 Å². The number of nitrogens with one attached hydrogen (secondary N) is 1. The number of aliphatic hydroxyl groups is 1. The smallest absolute Gasteiger partial charge is 0.0847 e. The summed E-state index contributed by atoms with van der Waals surface area (Å²) in [6.07, 6.45) is 0.112. The summed E-state index contributed by atoms with van der Waals surface area (Å²) in [6.45, 7) is 5.31. The molecule has 86 valence electrons. The van der Waals surface area contributed by atoms with E-state index < -0.39 is 6.10 Å². The van der Waals surface area contributed by atoms with E-state index in [1.54, 1.807) is 4.68 Å². The van der Waals surface area contributed by atoms with Gasteiger partial charge in [-0.15, -0.1) is 0 Å². The number of likely N-dealkylation sites (N-methyl/N-ethyl adjacent to an activating group) is 1. The van der Waals surface area contributed by atoms with Crippen molar-refractivity contribution in [2.45, 2.75) is 26.4 Å². The van der Waals surface area contributed by atoms with Gasteiger partial charge in [0.05, 0.1) is 22.5 Å². The topological polar surface area (TPSA) is 50.1 Å². The summed E-state index contributed by atoms with van der Waals surface area (Å²) in [7, 11) is 1.84. The molecule has 5 heteroatoms. The summed E-state index contributed by atoms with van der Waals surface area (Å²) in [5.74, 6) is 0. The van der Waals surface area contributed by atoms with Crippen molar-refractivity contribution in [3.8, 4) is 0 Å². The average Bonchev–Trinajstić information content (AvgIpc) is 2.42. The van der Waals surface area contributed by atoms with Gasteiger partial charge >= 0.3 is 0 Å². The number of rotatable bonds is 5. The molecular formula is C10H18ClN3O. The van der Waals surface area contributed by atoms with Crippen LogP contribution < -0.4 is 5.32 Å². The lowest BCUT2D eigenvalue weighted by atomic mass is 10.2. The van der Waals surface area contributed by atoms with Crippen LogP contribution in [-0.4, -0.2) is 34.1 Å². The van der Waals surface area contributed by atoms with Gasteiger partial charge in [0.1, 0.15) is 0 Å². The molecule has 15 heavy (non-hydrogen) atoms. The maximum absolute atomic E-state index is 9.73. The minimum atomic E-state index is -0.419. The van der Waals surface area contributed by atoms with Crippen LogP contribution in [0.1, 0.15) is 18.3 Å². The van der Waals surface area contributed by atoms with Crippen molar-refractivity contribution in [3.05, 3.63) is 16.4 Å². The maximum Gasteiger partial charge on any atom is 0.0847 e. The molecule has 0 radical (unpaired) electrons. The Kier molecular flexibility index (Phi) is 4.57. The van der Waals surface area contributed by atoms with Crippen LogP contribution in [0.15, 0.2) is 0 Å². The van der Waals surface area contributed by atoms with Gasteiger partial charge in [0.15, 0.2) is 0 Å². The van der Waals surface area contributed by atoms with Crippen LogP contribution in [0, 0.1) is 6.92 Å². The molecule has 0 aromatic carbocycles. The van der Waals surface area contributed by atoms with Crippen molar-refractivity contribution >= 4 is 11.6 Å². The Balaban J connectivity index is 2.63. The normalized spacial score (nSPS) is 13.1. The second kappa shape index (κ2) is 5.49. The Morgan fingerprint density at radius 2 is 2.27 bits per heavy atom. The van der Waals surface area contributed by atoms with Gasteiger partial charge in [0.25, 0.3) is 0 Å². The molecule has 0 aliphatic carbocycles. The summed E-state index contributed by atoms with van der Waals surface area (Å²) in [4.78, 5) is 0. The maximum atomic E-state index is 9.73. The number of aromatic nitrogens is 2. The Bertz CT molecular complexity index is 325. The molecule has 0 amide bonds. The lowest BCUT2D eigenvalue weighted by Crippen LogP contribution is -2.28. The standard InChI is InChI=1S/C10H18ClN3O/c1-4-12-6-8(15)5-9-10(11)7(2)13-14(9)3/h8,12,15H,4-6H2,1-3H3. The first kappa shape index (κ1) is 12.5. The molecule has 0 fully saturated rings. The zero-order valence-corrected chi connectivity index (χ0v) is 10.2. The number of halogens is 1. The van der Waals surface area contributed by atoms with Gasteiger partial charge in [-0.25, -0.2) is 0 Å². The van der Waals surface area contributed by atoms with E-state index in [1.165, 1.54) is 0 Å². The van der Waals surface area contributed by atoms with E-state index in [0.29, 0.717) is 18.0 Å². The number of hydrogen-bond acceptors (Lipinski definition) is 3. The first-order chi connectivity index (χ1) is 7.06. The number of aliphatic hydroxyl groups excluding tert-OH is 1. The molecule has 0 bridgehead atoms. The first-order valence-corrected chi connectivity index (χ1v) is 5.50. The van der Waals surface area contributed by atoms with Gasteiger partial charge in [-0.05, 0) is 13.5 Å².